The summed E-state index contributed by atoms with van der Waals surface area (Å²) < 4.78 is 37.7. The fraction of sp³-hybridized carbons (Fsp3) is 0.571. The van der Waals surface area contributed by atoms with Crippen LogP contribution in [0, 0.1) is 5.92 Å². The third-order valence-corrected chi connectivity index (χ3v) is 6.28. The van der Waals surface area contributed by atoms with Crippen molar-refractivity contribution in [2.24, 2.45) is 5.92 Å². The molecule has 2 heterocycles. The molecule has 116 valence electrons. The number of sulfonamides is 1. The van der Waals surface area contributed by atoms with Crippen LogP contribution < -0.4 is 14.8 Å². The number of fused-ring (bicyclic) bond motifs is 1. The fourth-order valence-electron chi connectivity index (χ4n) is 3.22. The minimum absolute atomic E-state index is 0.0723. The minimum atomic E-state index is -3.49. The van der Waals surface area contributed by atoms with Crippen LogP contribution in [-0.2, 0) is 10.0 Å². The Kier molecular flexibility index (Phi) is 3.81. The Morgan fingerprint density at radius 2 is 1.95 bits per heavy atom. The lowest BCUT2D eigenvalue weighted by Gasteiger charge is -2.23. The quantitative estimate of drug-likeness (QED) is 0.886. The highest BCUT2D eigenvalue weighted by Crippen LogP contribution is 2.35. The summed E-state index contributed by atoms with van der Waals surface area (Å²) in [5.74, 6) is 1.39. The molecule has 2 saturated heterocycles. The number of ether oxygens (including phenoxy) is 2. The first kappa shape index (κ1) is 14.6. The second kappa shape index (κ2) is 5.47. The Morgan fingerprint density at radius 1 is 1.19 bits per heavy atom. The van der Waals surface area contributed by atoms with Crippen molar-refractivity contribution in [3.63, 3.8) is 0 Å². The molecule has 2 atom stereocenters. The van der Waals surface area contributed by atoms with E-state index in [4.69, 9.17) is 9.47 Å². The number of methoxy groups -OCH3 is 2. The van der Waals surface area contributed by atoms with Gasteiger partial charge in [0.15, 0.2) is 11.5 Å². The number of hydrogen-bond donors (Lipinski definition) is 1. The van der Waals surface area contributed by atoms with Gasteiger partial charge in [0.2, 0.25) is 10.0 Å². The van der Waals surface area contributed by atoms with Gasteiger partial charge in [-0.1, -0.05) is 0 Å². The first-order chi connectivity index (χ1) is 10.1. The Labute approximate surface area is 125 Å². The van der Waals surface area contributed by atoms with E-state index in [0.29, 0.717) is 24.0 Å². The van der Waals surface area contributed by atoms with Crippen LogP contribution in [0.15, 0.2) is 23.1 Å². The van der Waals surface area contributed by atoms with E-state index in [1.54, 1.807) is 16.4 Å². The molecule has 0 aliphatic carbocycles. The van der Waals surface area contributed by atoms with Gasteiger partial charge in [-0.05, 0) is 31.0 Å². The summed E-state index contributed by atoms with van der Waals surface area (Å²) in [5, 5.41) is 3.27. The van der Waals surface area contributed by atoms with Gasteiger partial charge in [-0.2, -0.15) is 4.31 Å². The van der Waals surface area contributed by atoms with Crippen LogP contribution in [0.5, 0.6) is 11.5 Å². The number of benzene rings is 1. The third-order valence-electron chi connectivity index (χ3n) is 4.36. The van der Waals surface area contributed by atoms with Crippen molar-refractivity contribution < 1.29 is 17.9 Å². The predicted molar refractivity (Wildman–Crippen MR) is 78.2 cm³/mol. The van der Waals surface area contributed by atoms with Crippen LogP contribution in [0.1, 0.15) is 6.42 Å². The van der Waals surface area contributed by atoms with Crippen molar-refractivity contribution in [2.75, 3.05) is 33.9 Å². The van der Waals surface area contributed by atoms with E-state index in [1.807, 2.05) is 0 Å². The molecule has 0 radical (unpaired) electrons. The Balaban J connectivity index is 1.95. The molecule has 21 heavy (non-hydrogen) atoms. The van der Waals surface area contributed by atoms with Crippen molar-refractivity contribution >= 4 is 10.0 Å². The molecule has 2 fully saturated rings. The first-order valence-electron chi connectivity index (χ1n) is 7.02. The van der Waals surface area contributed by atoms with Crippen LogP contribution in [0.25, 0.3) is 0 Å². The average Bonchev–Trinajstić information content (AvgIpc) is 3.09. The smallest absolute Gasteiger partial charge is 0.243 e. The van der Waals surface area contributed by atoms with Gasteiger partial charge in [0, 0.05) is 25.2 Å². The highest BCUT2D eigenvalue weighted by atomic mass is 32.2. The largest absolute Gasteiger partial charge is 0.493 e. The summed E-state index contributed by atoms with van der Waals surface area (Å²) in [7, 11) is -0.463. The van der Waals surface area contributed by atoms with Crippen molar-refractivity contribution in [3.05, 3.63) is 18.2 Å². The second-order valence-electron chi connectivity index (χ2n) is 5.41. The molecule has 0 unspecified atom stereocenters. The number of nitrogens with zero attached hydrogens (tertiary/aromatic N) is 1. The zero-order valence-electron chi connectivity index (χ0n) is 12.2. The monoisotopic (exact) mass is 312 g/mol. The van der Waals surface area contributed by atoms with Crippen molar-refractivity contribution in [1.82, 2.24) is 9.62 Å². The molecule has 3 rings (SSSR count). The lowest BCUT2D eigenvalue weighted by atomic mass is 10.1. The highest BCUT2D eigenvalue weighted by Gasteiger charge is 2.43. The standard InChI is InChI=1S/C14H20N2O4S/c1-19-13-4-3-11(7-14(13)20-2)21(17,18)16-6-5-10-8-15-9-12(10)16/h3-4,7,10,12,15H,5-6,8-9H2,1-2H3/t10-,12+/m1/s1. The van der Waals surface area contributed by atoms with Crippen molar-refractivity contribution in [2.45, 2.75) is 17.4 Å². The van der Waals surface area contributed by atoms with Crippen LogP contribution in [0.4, 0.5) is 0 Å². The summed E-state index contributed by atoms with van der Waals surface area (Å²) >= 11 is 0. The predicted octanol–water partition coefficient (Wildman–Crippen LogP) is 0.686. The molecule has 0 aromatic heterocycles. The molecule has 0 saturated carbocycles. The highest BCUT2D eigenvalue weighted by molar-refractivity contribution is 7.89. The SMILES string of the molecule is COc1ccc(S(=O)(=O)N2CC[C@@H]3CNC[C@@H]32)cc1OC. The van der Waals surface area contributed by atoms with Crippen LogP contribution in [0.3, 0.4) is 0 Å². The summed E-state index contributed by atoms with van der Waals surface area (Å²) in [5.41, 5.74) is 0. The average molecular weight is 312 g/mol. The second-order valence-corrected chi connectivity index (χ2v) is 7.30. The van der Waals surface area contributed by atoms with Gasteiger partial charge in [0.1, 0.15) is 0 Å². The molecule has 1 N–H and O–H groups in total. The Hall–Kier alpha value is -1.31. The molecule has 0 amide bonds. The third kappa shape index (κ3) is 2.39. The van der Waals surface area contributed by atoms with Gasteiger partial charge >= 0.3 is 0 Å². The molecule has 7 heteroatoms. The topological polar surface area (TPSA) is 67.9 Å². The van der Waals surface area contributed by atoms with E-state index in [2.05, 4.69) is 5.32 Å². The van der Waals surface area contributed by atoms with Gasteiger partial charge in [-0.25, -0.2) is 8.42 Å². The van der Waals surface area contributed by atoms with E-state index < -0.39 is 10.0 Å². The molecule has 1 aromatic rings. The molecular formula is C14H20N2O4S. The summed E-state index contributed by atoms with van der Waals surface area (Å²) in [4.78, 5) is 0.257. The first-order valence-corrected chi connectivity index (χ1v) is 8.46. The van der Waals surface area contributed by atoms with Gasteiger partial charge in [-0.3, -0.25) is 0 Å². The summed E-state index contributed by atoms with van der Waals surface area (Å²) in [6.07, 6.45) is 0.921. The lowest BCUT2D eigenvalue weighted by Crippen LogP contribution is -2.39. The molecule has 6 nitrogen and oxygen atoms in total. The fourth-order valence-corrected chi connectivity index (χ4v) is 4.94. The normalized spacial score (nSPS) is 25.8. The van der Waals surface area contributed by atoms with Crippen LogP contribution in [0.2, 0.25) is 0 Å². The van der Waals surface area contributed by atoms with Gasteiger partial charge in [0.05, 0.1) is 19.1 Å². The maximum atomic E-state index is 12.8. The van der Waals surface area contributed by atoms with Crippen LogP contribution >= 0.6 is 0 Å². The van der Waals surface area contributed by atoms with Gasteiger partial charge < -0.3 is 14.8 Å². The maximum Gasteiger partial charge on any atom is 0.243 e. The molecule has 2 aliphatic heterocycles. The molecule has 0 bridgehead atoms. The zero-order valence-corrected chi connectivity index (χ0v) is 13.0. The van der Waals surface area contributed by atoms with E-state index in [-0.39, 0.29) is 10.9 Å². The van der Waals surface area contributed by atoms with E-state index >= 15 is 0 Å². The summed E-state index contributed by atoms with van der Waals surface area (Å²) in [6, 6.07) is 4.81. The zero-order chi connectivity index (χ0) is 15.0. The molecule has 1 aromatic carbocycles. The number of rotatable bonds is 4. The Morgan fingerprint density at radius 3 is 2.67 bits per heavy atom. The molecule has 0 spiro atoms. The van der Waals surface area contributed by atoms with E-state index in [0.717, 1.165) is 19.5 Å². The summed E-state index contributed by atoms with van der Waals surface area (Å²) in [6.45, 7) is 2.23. The molecular weight excluding hydrogens is 292 g/mol. The number of nitrogens with one attached hydrogen (secondary N) is 1. The lowest BCUT2D eigenvalue weighted by molar-refractivity contribution is 0.353. The van der Waals surface area contributed by atoms with Crippen molar-refractivity contribution in [3.8, 4) is 11.5 Å². The van der Waals surface area contributed by atoms with Crippen LogP contribution in [-0.4, -0.2) is 52.6 Å². The van der Waals surface area contributed by atoms with E-state index in [1.165, 1.54) is 20.3 Å². The Bertz CT molecular complexity index is 632. The van der Waals surface area contributed by atoms with Gasteiger partial charge in [0.25, 0.3) is 0 Å². The number of hydrogen-bond acceptors (Lipinski definition) is 5. The van der Waals surface area contributed by atoms with E-state index in [9.17, 15) is 8.42 Å². The minimum Gasteiger partial charge on any atom is -0.493 e. The maximum absolute atomic E-state index is 12.8. The molecule has 2 aliphatic rings. The van der Waals surface area contributed by atoms with Gasteiger partial charge in [-0.15, -0.1) is 0 Å². The van der Waals surface area contributed by atoms with Crippen molar-refractivity contribution in [1.29, 1.82) is 0 Å².